The quantitative estimate of drug-likeness (QED) is 0.652. The van der Waals surface area contributed by atoms with E-state index in [1.165, 1.54) is 0 Å². The van der Waals surface area contributed by atoms with Gasteiger partial charge in [-0.1, -0.05) is 6.92 Å². The van der Waals surface area contributed by atoms with Crippen LogP contribution in [0.1, 0.15) is 39.0 Å². The highest BCUT2D eigenvalue weighted by atomic mass is 16.2. The van der Waals surface area contributed by atoms with E-state index >= 15 is 0 Å². The summed E-state index contributed by atoms with van der Waals surface area (Å²) in [6, 6.07) is 0.0565. The molecule has 3 amide bonds. The number of nitrogens with zero attached hydrogens (tertiary/aromatic N) is 1. The van der Waals surface area contributed by atoms with Crippen LogP contribution < -0.4 is 16.8 Å². The van der Waals surface area contributed by atoms with Crippen molar-refractivity contribution in [1.29, 1.82) is 0 Å². The Morgan fingerprint density at radius 2 is 1.89 bits per heavy atom. The molecule has 5 N–H and O–H groups in total. The molecule has 0 heterocycles. The fraction of sp³-hybridized carbons (Fsp3) is 0.833. The molecule has 1 aliphatic rings. The van der Waals surface area contributed by atoms with Gasteiger partial charge in [-0.15, -0.1) is 0 Å². The number of rotatable bonds is 5. The monoisotopic (exact) mass is 256 g/mol. The molecule has 0 aromatic carbocycles. The van der Waals surface area contributed by atoms with E-state index in [-0.39, 0.29) is 5.91 Å². The number of nitrogens with one attached hydrogen (secondary N) is 1. The minimum atomic E-state index is -0.785. The molecule has 0 bridgehead atoms. The Morgan fingerprint density at radius 1 is 1.28 bits per heavy atom. The Hall–Kier alpha value is -1.14. The fourth-order valence-corrected chi connectivity index (χ4v) is 2.51. The van der Waals surface area contributed by atoms with Gasteiger partial charge in [0.05, 0.1) is 0 Å². The standard InChI is InChI=1S/C12H24N4O2/c1-2-16(8-7-11(17)15-12(14)18)10-5-3-9(13)4-6-10/h9-10H,2-8,13H2,1H3,(H3,14,15,17,18). The first kappa shape index (κ1) is 14.9. The highest BCUT2D eigenvalue weighted by molar-refractivity contribution is 5.93. The first-order chi connectivity index (χ1) is 8.52. The number of urea groups is 1. The van der Waals surface area contributed by atoms with Gasteiger partial charge in [0, 0.05) is 25.0 Å². The maximum atomic E-state index is 11.4. The Labute approximate surface area is 108 Å². The molecule has 0 radical (unpaired) electrons. The number of hydrogen-bond acceptors (Lipinski definition) is 4. The Balaban J connectivity index is 2.33. The van der Waals surface area contributed by atoms with Crippen LogP contribution in [-0.2, 0) is 4.79 Å². The lowest BCUT2D eigenvalue weighted by Gasteiger charge is -2.35. The van der Waals surface area contributed by atoms with E-state index in [1.807, 2.05) is 0 Å². The predicted octanol–water partition coefficient (Wildman–Crippen LogP) is 0.163. The number of imide groups is 1. The summed E-state index contributed by atoms with van der Waals surface area (Å²) >= 11 is 0. The van der Waals surface area contributed by atoms with Crippen LogP contribution in [0.15, 0.2) is 0 Å². The summed E-state index contributed by atoms with van der Waals surface area (Å²) in [7, 11) is 0. The summed E-state index contributed by atoms with van der Waals surface area (Å²) in [4.78, 5) is 24.2. The second kappa shape index (κ2) is 7.33. The molecule has 6 heteroatoms. The zero-order valence-corrected chi connectivity index (χ0v) is 11.0. The summed E-state index contributed by atoms with van der Waals surface area (Å²) in [5.74, 6) is -0.312. The minimum Gasteiger partial charge on any atom is -0.351 e. The van der Waals surface area contributed by atoms with Crippen LogP contribution in [0.25, 0.3) is 0 Å². The molecule has 104 valence electrons. The molecule has 1 saturated carbocycles. The molecular weight excluding hydrogens is 232 g/mol. The smallest absolute Gasteiger partial charge is 0.318 e. The molecule has 0 atom stereocenters. The van der Waals surface area contributed by atoms with Crippen molar-refractivity contribution < 1.29 is 9.59 Å². The third-order valence-corrected chi connectivity index (χ3v) is 3.55. The topological polar surface area (TPSA) is 101 Å². The van der Waals surface area contributed by atoms with Crippen molar-refractivity contribution in [2.24, 2.45) is 11.5 Å². The molecule has 1 rings (SSSR count). The lowest BCUT2D eigenvalue weighted by Crippen LogP contribution is -2.43. The highest BCUT2D eigenvalue weighted by Gasteiger charge is 2.23. The van der Waals surface area contributed by atoms with Gasteiger partial charge in [0.1, 0.15) is 0 Å². The van der Waals surface area contributed by atoms with Gasteiger partial charge in [0.25, 0.3) is 0 Å². The van der Waals surface area contributed by atoms with Crippen LogP contribution in [0.5, 0.6) is 0 Å². The number of carbonyl (C=O) groups is 2. The van der Waals surface area contributed by atoms with Crippen molar-refractivity contribution in [1.82, 2.24) is 10.2 Å². The maximum Gasteiger partial charge on any atom is 0.318 e. The molecule has 6 nitrogen and oxygen atoms in total. The normalized spacial score (nSPS) is 23.9. The third kappa shape index (κ3) is 5.01. The van der Waals surface area contributed by atoms with E-state index in [0.29, 0.717) is 25.0 Å². The van der Waals surface area contributed by atoms with Crippen LogP contribution in [0.3, 0.4) is 0 Å². The maximum absolute atomic E-state index is 11.4. The van der Waals surface area contributed by atoms with Gasteiger partial charge in [-0.3, -0.25) is 10.1 Å². The van der Waals surface area contributed by atoms with E-state index in [4.69, 9.17) is 11.5 Å². The minimum absolute atomic E-state index is 0.305. The van der Waals surface area contributed by atoms with Gasteiger partial charge >= 0.3 is 6.03 Å². The average Bonchev–Trinajstić information content (AvgIpc) is 2.31. The summed E-state index contributed by atoms with van der Waals surface area (Å²) < 4.78 is 0. The second-order valence-corrected chi connectivity index (χ2v) is 4.86. The number of nitrogens with two attached hydrogens (primary N) is 2. The number of hydrogen-bond donors (Lipinski definition) is 3. The van der Waals surface area contributed by atoms with Crippen molar-refractivity contribution in [3.8, 4) is 0 Å². The summed E-state index contributed by atoms with van der Waals surface area (Å²) in [6.45, 7) is 3.65. The molecule has 0 aromatic heterocycles. The molecule has 0 aliphatic heterocycles. The molecule has 18 heavy (non-hydrogen) atoms. The third-order valence-electron chi connectivity index (χ3n) is 3.55. The average molecular weight is 256 g/mol. The predicted molar refractivity (Wildman–Crippen MR) is 69.8 cm³/mol. The highest BCUT2D eigenvalue weighted by Crippen LogP contribution is 2.22. The SMILES string of the molecule is CCN(CCC(=O)NC(N)=O)C1CCC(N)CC1. The summed E-state index contributed by atoms with van der Waals surface area (Å²) in [6.07, 6.45) is 4.58. The number of amides is 3. The van der Waals surface area contributed by atoms with Crippen LogP contribution in [0.4, 0.5) is 4.79 Å². The van der Waals surface area contributed by atoms with Gasteiger partial charge in [-0.25, -0.2) is 4.79 Å². The molecule has 0 aromatic rings. The van der Waals surface area contributed by atoms with Gasteiger partial charge in [-0.05, 0) is 32.2 Å². The first-order valence-corrected chi connectivity index (χ1v) is 6.61. The largest absolute Gasteiger partial charge is 0.351 e. The first-order valence-electron chi connectivity index (χ1n) is 6.61. The van der Waals surface area contributed by atoms with Crippen molar-refractivity contribution in [3.05, 3.63) is 0 Å². The summed E-state index contributed by atoms with van der Waals surface area (Å²) in [5, 5.41) is 2.09. The zero-order chi connectivity index (χ0) is 13.5. The zero-order valence-electron chi connectivity index (χ0n) is 11.0. The van der Waals surface area contributed by atoms with Crippen LogP contribution >= 0.6 is 0 Å². The van der Waals surface area contributed by atoms with Crippen molar-refractivity contribution in [2.75, 3.05) is 13.1 Å². The van der Waals surface area contributed by atoms with E-state index in [1.54, 1.807) is 0 Å². The van der Waals surface area contributed by atoms with Gasteiger partial charge in [0.15, 0.2) is 0 Å². The van der Waals surface area contributed by atoms with Gasteiger partial charge < -0.3 is 16.4 Å². The van der Waals surface area contributed by atoms with Crippen LogP contribution in [0, 0.1) is 0 Å². The van der Waals surface area contributed by atoms with Crippen LogP contribution in [0.2, 0.25) is 0 Å². The molecule has 0 spiro atoms. The van der Waals surface area contributed by atoms with E-state index in [0.717, 1.165) is 32.2 Å². The lowest BCUT2D eigenvalue weighted by atomic mass is 9.90. The Morgan fingerprint density at radius 3 is 2.39 bits per heavy atom. The van der Waals surface area contributed by atoms with Gasteiger partial charge in [0.2, 0.25) is 5.91 Å². The van der Waals surface area contributed by atoms with Crippen LogP contribution in [-0.4, -0.2) is 42.0 Å². The molecule has 1 aliphatic carbocycles. The van der Waals surface area contributed by atoms with Gasteiger partial charge in [-0.2, -0.15) is 0 Å². The Kier molecular flexibility index (Phi) is 6.07. The second-order valence-electron chi connectivity index (χ2n) is 4.86. The van der Waals surface area contributed by atoms with E-state index in [2.05, 4.69) is 17.1 Å². The van der Waals surface area contributed by atoms with E-state index < -0.39 is 6.03 Å². The lowest BCUT2D eigenvalue weighted by molar-refractivity contribution is -0.120. The Bertz CT molecular complexity index is 288. The number of primary amides is 1. The van der Waals surface area contributed by atoms with Crippen molar-refractivity contribution in [2.45, 2.75) is 51.1 Å². The number of carbonyl (C=O) groups excluding carboxylic acids is 2. The molecule has 1 fully saturated rings. The molecule has 0 unspecified atom stereocenters. The van der Waals surface area contributed by atoms with Crippen molar-refractivity contribution >= 4 is 11.9 Å². The molecular formula is C12H24N4O2. The summed E-state index contributed by atoms with van der Waals surface area (Å²) in [5.41, 5.74) is 10.8. The van der Waals surface area contributed by atoms with Crippen molar-refractivity contribution in [3.63, 3.8) is 0 Å². The molecule has 0 saturated heterocycles. The fourth-order valence-electron chi connectivity index (χ4n) is 2.51. The van der Waals surface area contributed by atoms with E-state index in [9.17, 15) is 9.59 Å².